The van der Waals surface area contributed by atoms with Crippen LogP contribution < -0.4 is 5.32 Å². The number of thioether (sulfide) groups is 1. The molecule has 0 spiro atoms. The molecule has 21 heavy (non-hydrogen) atoms. The van der Waals surface area contributed by atoms with Crippen molar-refractivity contribution in [3.8, 4) is 0 Å². The topological polar surface area (TPSA) is 12.0 Å². The second kappa shape index (κ2) is 6.25. The van der Waals surface area contributed by atoms with Crippen LogP contribution >= 0.6 is 11.8 Å². The molecule has 2 heteroatoms. The van der Waals surface area contributed by atoms with Crippen LogP contribution in [0, 0.1) is 13.8 Å². The maximum absolute atomic E-state index is 3.54. The van der Waals surface area contributed by atoms with Gasteiger partial charge in [-0.05, 0) is 56.5 Å². The lowest BCUT2D eigenvalue weighted by molar-refractivity contribution is 0.510. The standard InChI is InChI=1S/C19H23NS/c1-13-8-10-17(14(2)12-13)21-18-11-9-15-6-4-5-7-16(15)19(18)20-3/h4-8,10,12,18-20H,9,11H2,1-3H3. The van der Waals surface area contributed by atoms with Crippen LogP contribution in [0.2, 0.25) is 0 Å². The van der Waals surface area contributed by atoms with Gasteiger partial charge in [0.15, 0.2) is 0 Å². The number of benzene rings is 2. The minimum Gasteiger partial charge on any atom is -0.312 e. The van der Waals surface area contributed by atoms with E-state index in [1.807, 2.05) is 11.8 Å². The van der Waals surface area contributed by atoms with Gasteiger partial charge in [-0.25, -0.2) is 0 Å². The summed E-state index contributed by atoms with van der Waals surface area (Å²) in [5.74, 6) is 0. The first-order chi connectivity index (χ1) is 10.2. The molecule has 0 aromatic heterocycles. The van der Waals surface area contributed by atoms with Gasteiger partial charge in [0.2, 0.25) is 0 Å². The Labute approximate surface area is 132 Å². The molecular weight excluding hydrogens is 274 g/mol. The van der Waals surface area contributed by atoms with E-state index < -0.39 is 0 Å². The van der Waals surface area contributed by atoms with Crippen LogP contribution in [-0.2, 0) is 6.42 Å². The molecule has 0 fully saturated rings. The summed E-state index contributed by atoms with van der Waals surface area (Å²) in [7, 11) is 2.09. The Bertz CT molecular complexity index is 635. The van der Waals surface area contributed by atoms with Crippen LogP contribution in [0.5, 0.6) is 0 Å². The van der Waals surface area contributed by atoms with E-state index in [9.17, 15) is 0 Å². The lowest BCUT2D eigenvalue weighted by Crippen LogP contribution is -2.32. The number of rotatable bonds is 3. The third-order valence-electron chi connectivity index (χ3n) is 4.38. The monoisotopic (exact) mass is 297 g/mol. The second-order valence-electron chi connectivity index (χ2n) is 5.93. The fraction of sp³-hybridized carbons (Fsp3) is 0.368. The molecule has 0 saturated carbocycles. The Morgan fingerprint density at radius 2 is 1.90 bits per heavy atom. The minimum absolute atomic E-state index is 0.445. The lowest BCUT2D eigenvalue weighted by atomic mass is 9.87. The molecule has 1 nitrogen and oxygen atoms in total. The van der Waals surface area contributed by atoms with Gasteiger partial charge in [0.25, 0.3) is 0 Å². The highest BCUT2D eigenvalue weighted by molar-refractivity contribution is 8.00. The van der Waals surface area contributed by atoms with Gasteiger partial charge in [-0.2, -0.15) is 0 Å². The fourth-order valence-electron chi connectivity index (χ4n) is 3.29. The van der Waals surface area contributed by atoms with Crippen molar-refractivity contribution in [2.75, 3.05) is 7.05 Å². The first-order valence-corrected chi connectivity index (χ1v) is 8.56. The van der Waals surface area contributed by atoms with Crippen molar-refractivity contribution in [3.63, 3.8) is 0 Å². The number of hydrogen-bond donors (Lipinski definition) is 1. The largest absolute Gasteiger partial charge is 0.312 e. The molecular formula is C19H23NS. The third-order valence-corrected chi connectivity index (χ3v) is 5.90. The first kappa shape index (κ1) is 14.7. The highest BCUT2D eigenvalue weighted by Crippen LogP contribution is 2.40. The number of nitrogens with one attached hydrogen (secondary N) is 1. The van der Waals surface area contributed by atoms with Crippen molar-refractivity contribution in [3.05, 3.63) is 64.7 Å². The Morgan fingerprint density at radius 1 is 1.10 bits per heavy atom. The van der Waals surface area contributed by atoms with E-state index in [1.165, 1.54) is 40.0 Å². The van der Waals surface area contributed by atoms with Crippen molar-refractivity contribution in [1.82, 2.24) is 5.32 Å². The number of aryl methyl sites for hydroxylation is 3. The predicted octanol–water partition coefficient (Wildman–Crippen LogP) is 4.67. The maximum Gasteiger partial charge on any atom is 0.0444 e. The quantitative estimate of drug-likeness (QED) is 0.883. The minimum atomic E-state index is 0.445. The molecule has 3 rings (SSSR count). The van der Waals surface area contributed by atoms with Gasteiger partial charge in [0.05, 0.1) is 0 Å². The summed E-state index contributed by atoms with van der Waals surface area (Å²) in [4.78, 5) is 1.42. The van der Waals surface area contributed by atoms with E-state index in [1.54, 1.807) is 0 Å². The van der Waals surface area contributed by atoms with Crippen molar-refractivity contribution < 1.29 is 0 Å². The molecule has 2 atom stereocenters. The van der Waals surface area contributed by atoms with Crippen molar-refractivity contribution in [1.29, 1.82) is 0 Å². The third kappa shape index (κ3) is 3.02. The molecule has 0 amide bonds. The van der Waals surface area contributed by atoms with Crippen molar-refractivity contribution in [2.45, 2.75) is 42.9 Å². The Morgan fingerprint density at radius 3 is 2.67 bits per heavy atom. The lowest BCUT2D eigenvalue weighted by Gasteiger charge is -2.33. The summed E-state index contributed by atoms with van der Waals surface area (Å²) in [5.41, 5.74) is 5.73. The summed E-state index contributed by atoms with van der Waals surface area (Å²) in [6.07, 6.45) is 2.43. The molecule has 0 aliphatic heterocycles. The normalized spacial score (nSPS) is 21.1. The summed E-state index contributed by atoms with van der Waals surface area (Å²) >= 11 is 2.03. The highest BCUT2D eigenvalue weighted by Gasteiger charge is 2.29. The zero-order valence-corrected chi connectivity index (χ0v) is 13.8. The number of hydrogen-bond acceptors (Lipinski definition) is 2. The average Bonchev–Trinajstić information content (AvgIpc) is 2.49. The van der Waals surface area contributed by atoms with Crippen molar-refractivity contribution >= 4 is 11.8 Å². The molecule has 2 aromatic rings. The predicted molar refractivity (Wildman–Crippen MR) is 92.1 cm³/mol. The van der Waals surface area contributed by atoms with Crippen LogP contribution in [0.25, 0.3) is 0 Å². The highest BCUT2D eigenvalue weighted by atomic mass is 32.2. The van der Waals surface area contributed by atoms with Crippen LogP contribution in [0.15, 0.2) is 47.4 Å². The second-order valence-corrected chi connectivity index (χ2v) is 7.21. The Balaban J connectivity index is 1.86. The SMILES string of the molecule is CNC1c2ccccc2CCC1Sc1ccc(C)cc1C. The fourth-order valence-corrected chi connectivity index (χ4v) is 4.67. The zero-order chi connectivity index (χ0) is 14.8. The van der Waals surface area contributed by atoms with Crippen LogP contribution in [-0.4, -0.2) is 12.3 Å². The van der Waals surface area contributed by atoms with Gasteiger partial charge < -0.3 is 5.32 Å². The smallest absolute Gasteiger partial charge is 0.0444 e. The molecule has 2 aromatic carbocycles. The number of fused-ring (bicyclic) bond motifs is 1. The molecule has 2 unspecified atom stereocenters. The van der Waals surface area contributed by atoms with Gasteiger partial charge >= 0.3 is 0 Å². The molecule has 1 aliphatic carbocycles. The van der Waals surface area contributed by atoms with E-state index in [0.717, 1.165) is 0 Å². The molecule has 0 bridgehead atoms. The molecule has 1 aliphatic rings. The molecule has 110 valence electrons. The zero-order valence-electron chi connectivity index (χ0n) is 13.0. The molecule has 0 radical (unpaired) electrons. The summed E-state index contributed by atoms with van der Waals surface area (Å²) in [5, 5.41) is 4.14. The van der Waals surface area contributed by atoms with Gasteiger partial charge in [0, 0.05) is 16.2 Å². The van der Waals surface area contributed by atoms with E-state index >= 15 is 0 Å². The summed E-state index contributed by atoms with van der Waals surface area (Å²) in [6.45, 7) is 4.38. The van der Waals surface area contributed by atoms with E-state index in [0.29, 0.717) is 11.3 Å². The van der Waals surface area contributed by atoms with Gasteiger partial charge in [-0.3, -0.25) is 0 Å². The average molecular weight is 297 g/mol. The first-order valence-electron chi connectivity index (χ1n) is 7.68. The molecule has 1 N–H and O–H groups in total. The van der Waals surface area contributed by atoms with E-state index in [2.05, 4.69) is 68.7 Å². The van der Waals surface area contributed by atoms with Gasteiger partial charge in [-0.1, -0.05) is 42.0 Å². The van der Waals surface area contributed by atoms with Crippen LogP contribution in [0.3, 0.4) is 0 Å². The maximum atomic E-state index is 3.54. The van der Waals surface area contributed by atoms with Crippen LogP contribution in [0.1, 0.15) is 34.7 Å². The van der Waals surface area contributed by atoms with Crippen molar-refractivity contribution in [2.24, 2.45) is 0 Å². The summed E-state index contributed by atoms with van der Waals surface area (Å²) in [6, 6.07) is 16.1. The molecule has 0 heterocycles. The Hall–Kier alpha value is -1.25. The molecule has 0 saturated heterocycles. The van der Waals surface area contributed by atoms with Gasteiger partial charge in [0.1, 0.15) is 0 Å². The Kier molecular flexibility index (Phi) is 4.37. The van der Waals surface area contributed by atoms with Gasteiger partial charge in [-0.15, -0.1) is 11.8 Å². The van der Waals surface area contributed by atoms with Crippen LogP contribution in [0.4, 0.5) is 0 Å². The summed E-state index contributed by atoms with van der Waals surface area (Å²) < 4.78 is 0. The van der Waals surface area contributed by atoms with E-state index in [4.69, 9.17) is 0 Å². The van der Waals surface area contributed by atoms with E-state index in [-0.39, 0.29) is 0 Å².